The van der Waals surface area contributed by atoms with Gasteiger partial charge in [0.05, 0.1) is 18.0 Å². The summed E-state index contributed by atoms with van der Waals surface area (Å²) in [5.74, 6) is 0.147. The van der Waals surface area contributed by atoms with Crippen molar-refractivity contribution in [1.82, 2.24) is 25.4 Å². The third kappa shape index (κ3) is 10.6. The first-order chi connectivity index (χ1) is 19.4. The first-order valence-electron chi connectivity index (χ1n) is 13.5. The number of aliphatic hydroxyl groups is 1. The number of halogens is 2. The predicted octanol–water partition coefficient (Wildman–Crippen LogP) is 4.77. The van der Waals surface area contributed by atoms with Gasteiger partial charge in [-0.15, -0.1) is 10.2 Å². The summed E-state index contributed by atoms with van der Waals surface area (Å²) < 4.78 is 14.5. The number of amides is 1. The lowest BCUT2D eigenvalue weighted by Gasteiger charge is -2.21. The zero-order valence-electron chi connectivity index (χ0n) is 23.6. The van der Waals surface area contributed by atoms with Crippen molar-refractivity contribution in [3.8, 4) is 11.3 Å². The van der Waals surface area contributed by atoms with E-state index in [-0.39, 0.29) is 30.3 Å². The van der Waals surface area contributed by atoms with Crippen LogP contribution in [-0.4, -0.2) is 77.5 Å². The van der Waals surface area contributed by atoms with Crippen LogP contribution in [0, 0.1) is 5.82 Å². The van der Waals surface area contributed by atoms with Gasteiger partial charge < -0.3 is 31.3 Å². The monoisotopic (exact) mass is 574 g/mol. The molecule has 2 heterocycles. The highest BCUT2D eigenvalue weighted by atomic mass is 35.5. The van der Waals surface area contributed by atoms with Gasteiger partial charge in [-0.1, -0.05) is 32.4 Å². The summed E-state index contributed by atoms with van der Waals surface area (Å²) >= 11 is 6.06. The quantitative estimate of drug-likeness (QED) is 0.174. The molecular weight excluding hydrogens is 535 g/mol. The van der Waals surface area contributed by atoms with E-state index in [1.54, 1.807) is 24.4 Å². The molecule has 0 aliphatic carbocycles. The van der Waals surface area contributed by atoms with Gasteiger partial charge in [0.2, 0.25) is 5.91 Å². The Hall–Kier alpha value is -3.38. The molecule has 218 valence electrons. The molecular formula is C28H40ClFN8O2. The Kier molecular flexibility index (Phi) is 14.8. The minimum atomic E-state index is -0.483. The maximum Gasteiger partial charge on any atom is 0.226 e. The number of likely N-dealkylation sites (N-methyl/N-ethyl adjacent to an activating group) is 1. The summed E-state index contributed by atoms with van der Waals surface area (Å²) in [6.07, 6.45) is 2.94. The van der Waals surface area contributed by atoms with Gasteiger partial charge in [-0.3, -0.25) is 4.79 Å². The Labute approximate surface area is 240 Å². The van der Waals surface area contributed by atoms with Crippen molar-refractivity contribution in [1.29, 1.82) is 0 Å². The number of carbonyl (C=O) groups excluding carboxylic acids is 1. The third-order valence-electron chi connectivity index (χ3n) is 5.58. The molecule has 0 unspecified atom stereocenters. The fourth-order valence-corrected chi connectivity index (χ4v) is 3.91. The highest BCUT2D eigenvalue weighted by Crippen LogP contribution is 2.30. The topological polar surface area (TPSA) is 127 Å². The Bertz CT molecular complexity index is 1200. The molecule has 3 aromatic rings. The first-order valence-corrected chi connectivity index (χ1v) is 13.9. The molecule has 0 saturated carbocycles. The van der Waals surface area contributed by atoms with Gasteiger partial charge in [-0.2, -0.15) is 0 Å². The fourth-order valence-electron chi connectivity index (χ4n) is 3.74. The van der Waals surface area contributed by atoms with Crippen LogP contribution in [0.2, 0.25) is 5.02 Å². The molecule has 0 radical (unpaired) electrons. The molecule has 0 saturated heterocycles. The molecule has 12 heteroatoms. The number of pyridine rings is 1. The average Bonchev–Trinajstić information content (AvgIpc) is 2.96. The normalized spacial score (nSPS) is 10.6. The van der Waals surface area contributed by atoms with Crippen molar-refractivity contribution in [3.05, 3.63) is 53.4 Å². The van der Waals surface area contributed by atoms with Gasteiger partial charge in [-0.05, 0) is 50.3 Å². The highest BCUT2D eigenvalue weighted by Gasteiger charge is 2.14. The van der Waals surface area contributed by atoms with E-state index in [2.05, 4.69) is 48.3 Å². The maximum absolute atomic E-state index is 14.5. The van der Waals surface area contributed by atoms with Crippen LogP contribution in [-0.2, 0) is 4.79 Å². The molecule has 0 aliphatic heterocycles. The van der Waals surface area contributed by atoms with Crippen molar-refractivity contribution in [2.24, 2.45) is 0 Å². The van der Waals surface area contributed by atoms with Crippen LogP contribution in [0.1, 0.15) is 33.6 Å². The number of rotatable bonds is 15. The number of aliphatic hydroxyl groups excluding tert-OH is 1. The number of hydrogen-bond acceptors (Lipinski definition) is 9. The number of hydrogen-bond donors (Lipinski definition) is 5. The lowest BCUT2D eigenvalue weighted by atomic mass is 10.1. The van der Waals surface area contributed by atoms with Crippen LogP contribution in [0.5, 0.6) is 0 Å². The molecule has 0 bridgehead atoms. The largest absolute Gasteiger partial charge is 0.395 e. The summed E-state index contributed by atoms with van der Waals surface area (Å²) in [7, 11) is 1.91. The number of nitrogens with zero attached hydrogens (tertiary/aromatic N) is 4. The van der Waals surface area contributed by atoms with Crippen molar-refractivity contribution < 1.29 is 14.3 Å². The van der Waals surface area contributed by atoms with Crippen LogP contribution in [0.15, 0.2) is 42.6 Å². The number of anilines is 4. The molecule has 0 aliphatic rings. The summed E-state index contributed by atoms with van der Waals surface area (Å²) in [5, 5.41) is 30.1. The van der Waals surface area contributed by atoms with E-state index >= 15 is 0 Å². The smallest absolute Gasteiger partial charge is 0.226 e. The van der Waals surface area contributed by atoms with Crippen molar-refractivity contribution in [2.75, 3.05) is 62.3 Å². The molecule has 3 rings (SSSR count). The van der Waals surface area contributed by atoms with E-state index < -0.39 is 5.82 Å². The van der Waals surface area contributed by atoms with Crippen molar-refractivity contribution >= 4 is 40.5 Å². The average molecular weight is 575 g/mol. The fraction of sp³-hybridized carbons (Fsp3) is 0.429. The van der Waals surface area contributed by atoms with Crippen molar-refractivity contribution in [3.63, 3.8) is 0 Å². The summed E-state index contributed by atoms with van der Waals surface area (Å²) in [6.45, 7) is 9.58. The summed E-state index contributed by atoms with van der Waals surface area (Å²) in [5.41, 5.74) is 1.59. The van der Waals surface area contributed by atoms with Gasteiger partial charge in [0.15, 0.2) is 5.82 Å². The Morgan fingerprint density at radius 3 is 2.60 bits per heavy atom. The maximum atomic E-state index is 14.5. The zero-order valence-corrected chi connectivity index (χ0v) is 24.4. The number of nitrogens with one attached hydrogen (secondary N) is 4. The molecule has 40 heavy (non-hydrogen) atoms. The summed E-state index contributed by atoms with van der Waals surface area (Å²) in [4.78, 5) is 19.1. The van der Waals surface area contributed by atoms with E-state index in [0.717, 1.165) is 26.1 Å². The Morgan fingerprint density at radius 2 is 1.88 bits per heavy atom. The first kappa shape index (κ1) is 32.8. The minimum absolute atomic E-state index is 0.109. The molecule has 10 nitrogen and oxygen atoms in total. The molecule has 0 atom stereocenters. The molecule has 0 fully saturated rings. The molecule has 0 spiro atoms. The lowest BCUT2D eigenvalue weighted by molar-refractivity contribution is -0.116. The molecule has 1 amide bonds. The Balaban J connectivity index is 0.00000274. The molecule has 5 N–H and O–H groups in total. The van der Waals surface area contributed by atoms with Crippen molar-refractivity contribution in [2.45, 2.75) is 33.6 Å². The minimum Gasteiger partial charge on any atom is -0.395 e. The predicted molar refractivity (Wildman–Crippen MR) is 161 cm³/mol. The van der Waals surface area contributed by atoms with E-state index in [1.165, 1.54) is 18.2 Å². The lowest BCUT2D eigenvalue weighted by Crippen LogP contribution is -2.34. The zero-order chi connectivity index (χ0) is 29.3. The van der Waals surface area contributed by atoms with Crippen LogP contribution in [0.25, 0.3) is 11.3 Å². The number of carbonyl (C=O) groups is 1. The van der Waals surface area contributed by atoms with E-state index in [9.17, 15) is 14.3 Å². The highest BCUT2D eigenvalue weighted by molar-refractivity contribution is 6.30. The van der Waals surface area contributed by atoms with Crippen LogP contribution in [0.4, 0.5) is 27.4 Å². The second-order valence-corrected chi connectivity index (χ2v) is 9.00. The standard InChI is InChI=1S/C26H34ClFN8O2.C2H6/c1-3-11-36(13-9-29-2)12-7-25(38)33-24-16-19(6-8-30-24)32-23-17-22(34-35-26(23)31-10-14-37)20-15-18(27)4-5-21(20)28;1-2/h4-6,8,15-17,29,37H,3,7,9-14H2,1-2H3,(H,31,35)(H2,30,32,33,34,38);1-2H3. The van der Waals surface area contributed by atoms with Crippen LogP contribution in [0.3, 0.4) is 0 Å². The van der Waals surface area contributed by atoms with Gasteiger partial charge in [0.25, 0.3) is 0 Å². The van der Waals surface area contributed by atoms with E-state index in [0.29, 0.717) is 41.0 Å². The third-order valence-corrected chi connectivity index (χ3v) is 5.82. The second kappa shape index (κ2) is 18.1. The Morgan fingerprint density at radius 1 is 1.07 bits per heavy atom. The summed E-state index contributed by atoms with van der Waals surface area (Å²) in [6, 6.07) is 9.26. The molecule has 2 aromatic heterocycles. The van der Waals surface area contributed by atoms with E-state index in [1.807, 2.05) is 20.9 Å². The molecule has 1 aromatic carbocycles. The van der Waals surface area contributed by atoms with Crippen LogP contribution < -0.4 is 21.3 Å². The van der Waals surface area contributed by atoms with Gasteiger partial charge in [-0.25, -0.2) is 9.37 Å². The van der Waals surface area contributed by atoms with Gasteiger partial charge >= 0.3 is 0 Å². The van der Waals surface area contributed by atoms with E-state index in [4.69, 9.17) is 11.6 Å². The number of aromatic nitrogens is 3. The van der Waals surface area contributed by atoms with Gasteiger partial charge in [0, 0.05) is 61.1 Å². The second-order valence-electron chi connectivity index (χ2n) is 8.56. The van der Waals surface area contributed by atoms with Gasteiger partial charge in [0.1, 0.15) is 11.6 Å². The number of benzene rings is 1. The van der Waals surface area contributed by atoms with Crippen LogP contribution >= 0.6 is 11.6 Å². The SMILES string of the molecule is CC.CCCN(CCNC)CCC(=O)Nc1cc(Nc2cc(-c3cc(Cl)ccc3F)nnc2NCCO)ccn1.